The number of thioether (sulfide) groups is 1. The molecule has 0 bridgehead atoms. The quantitative estimate of drug-likeness (QED) is 0.761. The summed E-state index contributed by atoms with van der Waals surface area (Å²) >= 11 is 1.78. The van der Waals surface area contributed by atoms with Gasteiger partial charge in [0.1, 0.15) is 5.03 Å². The molecule has 0 N–H and O–H groups in total. The van der Waals surface area contributed by atoms with E-state index >= 15 is 0 Å². The first-order valence-electron chi connectivity index (χ1n) is 5.51. The van der Waals surface area contributed by atoms with Gasteiger partial charge in [-0.05, 0) is 6.42 Å². The van der Waals surface area contributed by atoms with Crippen LogP contribution in [0.2, 0.25) is 0 Å². The predicted octanol–water partition coefficient (Wildman–Crippen LogP) is 2.80. The molecule has 1 aliphatic heterocycles. The minimum atomic E-state index is 0.721. The maximum Gasteiger partial charge on any atom is 0.221 e. The summed E-state index contributed by atoms with van der Waals surface area (Å²) in [4.78, 5) is 9.09. The van der Waals surface area contributed by atoms with E-state index < -0.39 is 0 Å². The molecule has 1 aromatic carbocycles. The van der Waals surface area contributed by atoms with Gasteiger partial charge < -0.3 is 4.74 Å². The maximum atomic E-state index is 5.35. The summed E-state index contributed by atoms with van der Waals surface area (Å²) in [6.45, 7) is 0. The van der Waals surface area contributed by atoms with Gasteiger partial charge in [-0.3, -0.25) is 0 Å². The molecule has 4 heteroatoms. The number of hydrogen-bond acceptors (Lipinski definition) is 4. The van der Waals surface area contributed by atoms with E-state index in [-0.39, 0.29) is 0 Å². The molecule has 0 spiro atoms. The van der Waals surface area contributed by atoms with Gasteiger partial charge in [0.15, 0.2) is 5.82 Å². The first kappa shape index (κ1) is 10.6. The first-order valence-corrected chi connectivity index (χ1v) is 6.50. The Labute approximate surface area is 104 Å². The fourth-order valence-corrected chi connectivity index (χ4v) is 2.93. The fourth-order valence-electron chi connectivity index (χ4n) is 1.91. The number of benzene rings is 1. The summed E-state index contributed by atoms with van der Waals surface area (Å²) in [5, 5.41) is 1.07. The van der Waals surface area contributed by atoms with Gasteiger partial charge in [0.25, 0.3) is 0 Å². The van der Waals surface area contributed by atoms with Crippen molar-refractivity contribution in [2.75, 3.05) is 12.9 Å². The van der Waals surface area contributed by atoms with E-state index in [0.29, 0.717) is 0 Å². The summed E-state index contributed by atoms with van der Waals surface area (Å²) < 4.78 is 5.35. The molecule has 17 heavy (non-hydrogen) atoms. The van der Waals surface area contributed by atoms with Crippen molar-refractivity contribution in [2.45, 2.75) is 11.4 Å². The molecule has 0 radical (unpaired) electrons. The highest BCUT2D eigenvalue weighted by atomic mass is 32.2. The van der Waals surface area contributed by atoms with Crippen LogP contribution in [-0.2, 0) is 6.42 Å². The van der Waals surface area contributed by atoms with Crippen LogP contribution in [0.5, 0.6) is 5.88 Å². The first-order chi connectivity index (χ1) is 8.38. The van der Waals surface area contributed by atoms with Gasteiger partial charge in [-0.25, -0.2) is 4.98 Å². The molecule has 1 aromatic heterocycles. The third-order valence-electron chi connectivity index (χ3n) is 2.75. The Hall–Kier alpha value is -1.55. The van der Waals surface area contributed by atoms with Crippen molar-refractivity contribution >= 4 is 11.8 Å². The standard InChI is InChI=1S/C13H12N2OS/c1-16-12-10-7-8-17-13(10)15-11(14-12)9-5-3-2-4-6-9/h2-6H,7-8H2,1H3. The summed E-state index contributed by atoms with van der Waals surface area (Å²) in [7, 11) is 1.67. The Morgan fingerprint density at radius 3 is 2.76 bits per heavy atom. The second-order valence-electron chi connectivity index (χ2n) is 3.80. The largest absolute Gasteiger partial charge is 0.481 e. The number of methoxy groups -OCH3 is 1. The highest BCUT2D eigenvalue weighted by Crippen LogP contribution is 2.36. The summed E-state index contributed by atoms with van der Waals surface area (Å²) in [6.07, 6.45) is 0.998. The number of ether oxygens (including phenoxy) is 1. The molecular formula is C13H12N2OS. The van der Waals surface area contributed by atoms with Crippen LogP contribution in [0.4, 0.5) is 0 Å². The van der Waals surface area contributed by atoms with E-state index in [1.165, 1.54) is 0 Å². The minimum Gasteiger partial charge on any atom is -0.481 e. The smallest absolute Gasteiger partial charge is 0.221 e. The Morgan fingerprint density at radius 1 is 1.18 bits per heavy atom. The van der Waals surface area contributed by atoms with Crippen LogP contribution in [-0.4, -0.2) is 22.8 Å². The van der Waals surface area contributed by atoms with Crippen LogP contribution < -0.4 is 4.74 Å². The van der Waals surface area contributed by atoms with E-state index in [9.17, 15) is 0 Å². The number of nitrogens with zero attached hydrogens (tertiary/aromatic N) is 2. The Morgan fingerprint density at radius 2 is 2.00 bits per heavy atom. The van der Waals surface area contributed by atoms with Crippen molar-refractivity contribution < 1.29 is 4.74 Å². The third kappa shape index (κ3) is 1.89. The molecule has 0 fully saturated rings. The topological polar surface area (TPSA) is 35.0 Å². The van der Waals surface area contributed by atoms with Gasteiger partial charge in [-0.1, -0.05) is 30.3 Å². The third-order valence-corrected chi connectivity index (χ3v) is 3.77. The Bertz CT molecular complexity index is 543. The predicted molar refractivity (Wildman–Crippen MR) is 68.4 cm³/mol. The zero-order valence-electron chi connectivity index (χ0n) is 9.51. The monoisotopic (exact) mass is 244 g/mol. The van der Waals surface area contributed by atoms with Crippen LogP contribution in [0.3, 0.4) is 0 Å². The van der Waals surface area contributed by atoms with Gasteiger partial charge in [0.2, 0.25) is 5.88 Å². The maximum absolute atomic E-state index is 5.35. The molecule has 3 rings (SSSR count). The van der Waals surface area contributed by atoms with E-state index in [2.05, 4.69) is 9.97 Å². The lowest BCUT2D eigenvalue weighted by atomic mass is 10.2. The molecule has 0 atom stereocenters. The van der Waals surface area contributed by atoms with Crippen molar-refractivity contribution in [3.8, 4) is 17.3 Å². The van der Waals surface area contributed by atoms with Gasteiger partial charge in [0, 0.05) is 16.9 Å². The molecule has 3 nitrogen and oxygen atoms in total. The van der Waals surface area contributed by atoms with E-state index in [1.54, 1.807) is 18.9 Å². The summed E-state index contributed by atoms with van der Waals surface area (Å²) in [5.74, 6) is 2.54. The SMILES string of the molecule is COc1nc(-c2ccccc2)nc2c1CCS2. The zero-order chi connectivity index (χ0) is 11.7. The van der Waals surface area contributed by atoms with Crippen LogP contribution in [0.15, 0.2) is 35.4 Å². The van der Waals surface area contributed by atoms with Gasteiger partial charge in [0.05, 0.1) is 7.11 Å². The molecule has 2 aromatic rings. The summed E-state index contributed by atoms with van der Waals surface area (Å²) in [5.41, 5.74) is 2.18. The van der Waals surface area contributed by atoms with Gasteiger partial charge in [-0.15, -0.1) is 11.8 Å². The number of rotatable bonds is 2. The number of aromatic nitrogens is 2. The lowest BCUT2D eigenvalue weighted by molar-refractivity contribution is 0.390. The molecule has 0 saturated carbocycles. The van der Waals surface area contributed by atoms with Crippen molar-refractivity contribution in [1.29, 1.82) is 0 Å². The van der Waals surface area contributed by atoms with E-state index in [0.717, 1.165) is 40.0 Å². The molecule has 0 aliphatic carbocycles. The zero-order valence-corrected chi connectivity index (χ0v) is 10.3. The highest BCUT2D eigenvalue weighted by Gasteiger charge is 2.20. The van der Waals surface area contributed by atoms with E-state index in [1.807, 2.05) is 30.3 Å². The highest BCUT2D eigenvalue weighted by molar-refractivity contribution is 7.99. The minimum absolute atomic E-state index is 0.721. The van der Waals surface area contributed by atoms with Crippen LogP contribution >= 0.6 is 11.8 Å². The molecule has 0 amide bonds. The Balaban J connectivity index is 2.13. The average molecular weight is 244 g/mol. The normalized spacial score (nSPS) is 13.5. The number of hydrogen-bond donors (Lipinski definition) is 0. The van der Waals surface area contributed by atoms with Crippen molar-refractivity contribution in [3.63, 3.8) is 0 Å². The van der Waals surface area contributed by atoms with Crippen LogP contribution in [0.1, 0.15) is 5.56 Å². The molecule has 1 aliphatic rings. The van der Waals surface area contributed by atoms with E-state index in [4.69, 9.17) is 4.74 Å². The molecule has 86 valence electrons. The average Bonchev–Trinajstić information content (AvgIpc) is 2.86. The molecule has 0 unspecified atom stereocenters. The van der Waals surface area contributed by atoms with Crippen molar-refractivity contribution in [1.82, 2.24) is 9.97 Å². The van der Waals surface area contributed by atoms with Crippen LogP contribution in [0.25, 0.3) is 11.4 Å². The second kappa shape index (κ2) is 4.37. The van der Waals surface area contributed by atoms with Crippen molar-refractivity contribution in [3.05, 3.63) is 35.9 Å². The van der Waals surface area contributed by atoms with Gasteiger partial charge >= 0.3 is 0 Å². The van der Waals surface area contributed by atoms with Crippen LogP contribution in [0, 0.1) is 0 Å². The molecule has 2 heterocycles. The van der Waals surface area contributed by atoms with Gasteiger partial charge in [-0.2, -0.15) is 4.98 Å². The number of fused-ring (bicyclic) bond motifs is 1. The molecular weight excluding hydrogens is 232 g/mol. The lowest BCUT2D eigenvalue weighted by Crippen LogP contribution is -1.99. The molecule has 0 saturated heterocycles. The fraction of sp³-hybridized carbons (Fsp3) is 0.231. The Kier molecular flexibility index (Phi) is 2.73. The second-order valence-corrected chi connectivity index (χ2v) is 4.89. The van der Waals surface area contributed by atoms with Crippen molar-refractivity contribution in [2.24, 2.45) is 0 Å². The lowest BCUT2D eigenvalue weighted by Gasteiger charge is -2.07. The summed E-state index contributed by atoms with van der Waals surface area (Å²) in [6, 6.07) is 10.0.